The third kappa shape index (κ3) is 12.4. The summed E-state index contributed by atoms with van der Waals surface area (Å²) in [7, 11) is 0. The lowest BCUT2D eigenvalue weighted by Crippen LogP contribution is -2.28. The molecule has 4 aromatic heterocycles. The summed E-state index contributed by atoms with van der Waals surface area (Å²) in [6.07, 6.45) is 17.8. The zero-order chi connectivity index (χ0) is 66.9. The number of fused-ring (bicyclic) bond motifs is 8. The van der Waals surface area contributed by atoms with Crippen molar-refractivity contribution in [3.63, 3.8) is 0 Å². The minimum atomic E-state index is -0.591. The molecule has 10 heteroatoms. The van der Waals surface area contributed by atoms with E-state index in [2.05, 4.69) is 187 Å². The van der Waals surface area contributed by atoms with Crippen molar-refractivity contribution in [2.75, 3.05) is 0 Å². The Hall–Kier alpha value is -8.60. The molecule has 90 heavy (non-hydrogen) atoms. The Morgan fingerprint density at radius 2 is 0.511 bits per heavy atom. The smallest absolute Gasteiger partial charge is 0.186 e. The highest BCUT2D eigenvalue weighted by atomic mass is 16.1. The van der Waals surface area contributed by atoms with Gasteiger partial charge in [-0.3, -0.25) is 19.2 Å². The quantitative estimate of drug-likeness (QED) is 0.121. The van der Waals surface area contributed by atoms with Gasteiger partial charge in [-0.25, -0.2) is 0 Å². The first-order chi connectivity index (χ1) is 41.2. The number of H-pyrrole nitrogens is 4. The highest BCUT2D eigenvalue weighted by Crippen LogP contribution is 2.49. The van der Waals surface area contributed by atoms with Crippen LogP contribution in [0.3, 0.4) is 0 Å². The molecule has 4 N–H and O–H groups in total. The van der Waals surface area contributed by atoms with Gasteiger partial charge >= 0.3 is 0 Å². The molecule has 8 bridgehead atoms. The maximum absolute atomic E-state index is 14.9. The molecule has 0 saturated carbocycles. The third-order valence-corrected chi connectivity index (χ3v) is 17.6. The number of hydrogen-bond donors (Lipinski definition) is 4. The van der Waals surface area contributed by atoms with E-state index in [4.69, 9.17) is 0 Å². The van der Waals surface area contributed by atoms with Crippen LogP contribution in [0.2, 0.25) is 0 Å². The van der Waals surface area contributed by atoms with Gasteiger partial charge < -0.3 is 19.9 Å². The van der Waals surface area contributed by atoms with E-state index in [0.29, 0.717) is 89.8 Å². The van der Waals surface area contributed by atoms with Crippen molar-refractivity contribution in [2.24, 2.45) is 43.3 Å². The van der Waals surface area contributed by atoms with Gasteiger partial charge in [0.2, 0.25) is 0 Å². The zero-order valence-corrected chi connectivity index (χ0v) is 57.8. The Balaban J connectivity index is 1.58. The summed E-state index contributed by atoms with van der Waals surface area (Å²) in [5.41, 5.74) is 12.7. The van der Waals surface area contributed by atoms with E-state index in [1.807, 2.05) is 102 Å². The van der Waals surface area contributed by atoms with E-state index in [-0.39, 0.29) is 28.7 Å². The predicted molar refractivity (Wildman–Crippen MR) is 367 cm³/mol. The van der Waals surface area contributed by atoms with Crippen LogP contribution in [0.25, 0.3) is 28.4 Å². The minimum Gasteiger partial charge on any atom is -0.354 e. The fourth-order valence-corrected chi connectivity index (χ4v) is 12.6. The number of carbonyl (C=O) groups is 4. The first-order valence-corrected chi connectivity index (χ1v) is 31.5. The first kappa shape index (κ1) is 65.8. The van der Waals surface area contributed by atoms with Crippen LogP contribution < -0.4 is 0 Å². The molecule has 0 fully saturated rings. The van der Waals surface area contributed by atoms with Gasteiger partial charge in [-0.15, -0.1) is 0 Å². The average Bonchev–Trinajstić information content (AvgIpc) is 1.45. The van der Waals surface area contributed by atoms with Crippen molar-refractivity contribution < 1.29 is 19.2 Å². The van der Waals surface area contributed by atoms with Crippen LogP contribution in [-0.2, 0) is 19.2 Å². The maximum atomic E-state index is 14.9. The normalized spacial score (nSPS) is 17.8. The Bertz CT molecular complexity index is 4180. The van der Waals surface area contributed by atoms with Crippen LogP contribution in [0.1, 0.15) is 217 Å². The fourth-order valence-electron chi connectivity index (χ4n) is 12.6. The lowest BCUT2D eigenvalue weighted by atomic mass is 9.71. The third-order valence-electron chi connectivity index (χ3n) is 17.6. The first-order valence-electron chi connectivity index (χ1n) is 31.5. The fraction of sp³-hybridized carbons (Fsp3) is 0.400. The molecule has 0 amide bonds. The van der Waals surface area contributed by atoms with Gasteiger partial charge in [0.25, 0.3) is 0 Å². The van der Waals surface area contributed by atoms with Crippen molar-refractivity contribution >= 4 is 51.5 Å². The van der Waals surface area contributed by atoms with Gasteiger partial charge in [0.15, 0.2) is 23.1 Å². The maximum Gasteiger partial charge on any atom is 0.186 e. The van der Waals surface area contributed by atoms with Crippen molar-refractivity contribution in [1.82, 2.24) is 19.9 Å². The number of rotatable bonds is 1. The molecule has 4 aliphatic carbocycles. The average molecular weight is 1200 g/mol. The molecule has 0 aromatic carbocycles. The summed E-state index contributed by atoms with van der Waals surface area (Å²) in [6, 6.07) is 18.6. The molecule has 0 radical (unpaired) electrons. The van der Waals surface area contributed by atoms with E-state index in [0.717, 1.165) is 50.5 Å². The number of allylic oxidation sites excluding steroid dienone is 21. The zero-order valence-electron chi connectivity index (χ0n) is 57.8. The lowest BCUT2D eigenvalue weighted by molar-refractivity contribution is -0.114. The lowest BCUT2D eigenvalue weighted by Gasteiger charge is -2.32. The van der Waals surface area contributed by atoms with E-state index >= 15 is 0 Å². The molecular weight excluding hydrogens is 1110 g/mol. The van der Waals surface area contributed by atoms with E-state index in [1.54, 1.807) is 6.08 Å². The SMILES string of the molecule is CC(C)(C)C1=CC(=C2c3ccc([nH]3)C(=C3C=C(C(C)(C)C)C(=O)C(C(C)(C)C)=C3)c3ccc([nH]3)C(=C3C=C(C(C)(C)C)C(=O)C(C(C)(C)C)=C3)c3[nH]c(cc3C=C(C#N)C#N)C(=C3C=C(C(C)(C)C)C(=O)C(C(C)(C)C)=C3)c3ccc2[nH]3)C=C(C(C)(C)C)C1=O. The summed E-state index contributed by atoms with van der Waals surface area (Å²) in [5.74, 6) is -0.0623. The molecule has 466 valence electrons. The molecule has 0 saturated heterocycles. The van der Waals surface area contributed by atoms with Crippen molar-refractivity contribution in [3.05, 3.63) is 215 Å². The number of carbonyl (C=O) groups excluding carboxylic acids is 4. The summed E-state index contributed by atoms with van der Waals surface area (Å²) in [5, 5.41) is 21.3. The molecular formula is C80H92N6O4. The largest absolute Gasteiger partial charge is 0.354 e. The molecule has 5 aliphatic rings. The number of aromatic nitrogens is 4. The number of nitrogens with zero attached hydrogens (tertiary/aromatic N) is 2. The number of hydrogen-bond acceptors (Lipinski definition) is 6. The van der Waals surface area contributed by atoms with Crippen LogP contribution >= 0.6 is 0 Å². The predicted octanol–water partition coefficient (Wildman–Crippen LogP) is 19.1. The Labute approximate surface area is 534 Å². The van der Waals surface area contributed by atoms with Gasteiger partial charge in [0, 0.05) is 112 Å². The summed E-state index contributed by atoms with van der Waals surface area (Å²) in [6.45, 7) is 49.5. The number of nitrogens with one attached hydrogen (secondary N) is 4. The molecule has 9 rings (SSSR count). The minimum absolute atomic E-state index is 0.000380. The second-order valence-corrected chi connectivity index (χ2v) is 33.3. The van der Waals surface area contributed by atoms with Gasteiger partial charge in [0.1, 0.15) is 17.7 Å². The Morgan fingerprint density at radius 3 is 0.722 bits per heavy atom. The topological polar surface area (TPSA) is 179 Å². The van der Waals surface area contributed by atoms with Crippen LogP contribution in [0.15, 0.2) is 164 Å². The van der Waals surface area contributed by atoms with E-state index in [1.165, 1.54) is 0 Å². The highest BCUT2D eigenvalue weighted by Gasteiger charge is 2.41. The summed E-state index contributed by atoms with van der Waals surface area (Å²) < 4.78 is 0. The Kier molecular flexibility index (Phi) is 16.2. The highest BCUT2D eigenvalue weighted by molar-refractivity contribution is 6.16. The van der Waals surface area contributed by atoms with E-state index in [9.17, 15) is 29.7 Å². The number of aromatic amines is 4. The van der Waals surface area contributed by atoms with Crippen molar-refractivity contribution in [1.29, 1.82) is 10.5 Å². The molecule has 1 aliphatic heterocycles. The molecule has 0 spiro atoms. The summed E-state index contributed by atoms with van der Waals surface area (Å²) in [4.78, 5) is 75.2. The van der Waals surface area contributed by atoms with Crippen LogP contribution in [-0.4, -0.2) is 43.1 Å². The Morgan fingerprint density at radius 1 is 0.311 bits per heavy atom. The van der Waals surface area contributed by atoms with Gasteiger partial charge in [-0.05, 0) is 163 Å². The van der Waals surface area contributed by atoms with E-state index < -0.39 is 43.3 Å². The van der Waals surface area contributed by atoms with Crippen molar-refractivity contribution in [3.8, 4) is 12.1 Å². The van der Waals surface area contributed by atoms with Crippen LogP contribution in [0, 0.1) is 66.0 Å². The van der Waals surface area contributed by atoms with Gasteiger partial charge in [-0.2, -0.15) is 10.5 Å². The number of ketones is 4. The standard InChI is InChI=1S/C80H92N6O4/c1-73(2,3)49-32-44(33-50(69(49)87)74(4,5)6)64-57-25-26-58(83-57)65(45-34-51(75(7,8)9)70(88)52(35-45)76(10,11)12)60-29-30-62(85-60)67(47-38-55(79(19,20)21)72(90)56(39-47)80(22,23)24)68-48(31-43(41-81)42-82)40-63(86-68)66(61-28-27-59(64)84-61)46-36-53(77(13,14)15)71(89)54(37-46)78(16,17)18/h25-40,83-86H,1-24H3. The number of nitriles is 2. The number of Topliss-reactive ketones (excluding diaryl/α,β-unsaturated/α-hetero) is 4. The molecule has 0 atom stereocenters. The van der Waals surface area contributed by atoms with Crippen LogP contribution in [0.5, 0.6) is 0 Å². The molecule has 4 aromatic rings. The second kappa shape index (κ2) is 22.1. The molecule has 5 heterocycles. The summed E-state index contributed by atoms with van der Waals surface area (Å²) >= 11 is 0. The second-order valence-electron chi connectivity index (χ2n) is 33.3. The molecule has 10 nitrogen and oxygen atoms in total. The van der Waals surface area contributed by atoms with Gasteiger partial charge in [0.05, 0.1) is 5.69 Å². The van der Waals surface area contributed by atoms with Crippen LogP contribution in [0.4, 0.5) is 0 Å². The van der Waals surface area contributed by atoms with Crippen molar-refractivity contribution in [2.45, 2.75) is 166 Å². The van der Waals surface area contributed by atoms with Gasteiger partial charge in [-0.1, -0.05) is 166 Å². The molecule has 0 unspecified atom stereocenters. The monoisotopic (exact) mass is 1200 g/mol.